The Bertz CT molecular complexity index is 1100. The van der Waals surface area contributed by atoms with Gasteiger partial charge in [-0.05, 0) is 54.6 Å². The average Bonchev–Trinajstić information content (AvgIpc) is 2.67. The molecule has 2 N–H and O–H groups in total. The van der Waals surface area contributed by atoms with Gasteiger partial charge in [-0.2, -0.15) is 13.2 Å². The smallest absolute Gasteiger partial charge is 0.322 e. The minimum Gasteiger partial charge on any atom is -0.322 e. The van der Waals surface area contributed by atoms with Crippen molar-refractivity contribution in [2.45, 2.75) is 6.18 Å². The van der Waals surface area contributed by atoms with Gasteiger partial charge >= 0.3 is 6.18 Å². The van der Waals surface area contributed by atoms with Gasteiger partial charge in [0.2, 0.25) is 0 Å². The Labute approximate surface area is 179 Å². The molecule has 2 amide bonds. The summed E-state index contributed by atoms with van der Waals surface area (Å²) in [6.45, 7) is 0. The molecule has 0 atom stereocenters. The normalized spacial score (nSPS) is 11.1. The third kappa shape index (κ3) is 5.52. The van der Waals surface area contributed by atoms with Crippen LogP contribution in [0, 0.1) is 0 Å². The Balaban J connectivity index is 1.75. The van der Waals surface area contributed by atoms with E-state index in [1.807, 2.05) is 0 Å². The molecule has 154 valence electrons. The number of alkyl halides is 3. The highest BCUT2D eigenvalue weighted by Gasteiger charge is 2.30. The molecule has 3 aromatic carbocycles. The molecule has 0 fully saturated rings. The van der Waals surface area contributed by atoms with E-state index >= 15 is 0 Å². The first kappa shape index (κ1) is 21.7. The van der Waals surface area contributed by atoms with Crippen LogP contribution in [-0.4, -0.2) is 11.8 Å². The summed E-state index contributed by atoms with van der Waals surface area (Å²) >= 11 is 11.8. The van der Waals surface area contributed by atoms with E-state index in [2.05, 4.69) is 10.6 Å². The average molecular weight is 453 g/mol. The molecular formula is C21H13Cl2F3N2O2. The van der Waals surface area contributed by atoms with Crippen molar-refractivity contribution in [3.05, 3.63) is 93.5 Å². The van der Waals surface area contributed by atoms with Crippen LogP contribution in [0.1, 0.15) is 26.3 Å². The highest BCUT2D eigenvalue weighted by atomic mass is 35.5. The topological polar surface area (TPSA) is 58.2 Å². The predicted octanol–water partition coefficient (Wildman–Crippen LogP) is 6.52. The molecule has 0 saturated carbocycles. The number of carbonyl (C=O) groups excluding carboxylic acids is 2. The van der Waals surface area contributed by atoms with Crippen molar-refractivity contribution in [1.29, 1.82) is 0 Å². The number of benzene rings is 3. The number of rotatable bonds is 4. The van der Waals surface area contributed by atoms with Crippen molar-refractivity contribution in [1.82, 2.24) is 0 Å². The lowest BCUT2D eigenvalue weighted by Gasteiger charge is -2.11. The first-order chi connectivity index (χ1) is 14.1. The summed E-state index contributed by atoms with van der Waals surface area (Å²) in [6, 6.07) is 14.6. The molecule has 0 bridgehead atoms. The van der Waals surface area contributed by atoms with E-state index in [1.165, 1.54) is 48.5 Å². The Morgan fingerprint density at radius 1 is 0.700 bits per heavy atom. The zero-order chi connectivity index (χ0) is 21.9. The summed E-state index contributed by atoms with van der Waals surface area (Å²) in [4.78, 5) is 24.8. The Kier molecular flexibility index (Phi) is 6.34. The molecule has 0 heterocycles. The zero-order valence-corrected chi connectivity index (χ0v) is 16.6. The molecule has 0 unspecified atom stereocenters. The number of anilines is 2. The van der Waals surface area contributed by atoms with Gasteiger partial charge in [0, 0.05) is 32.5 Å². The molecule has 0 radical (unpaired) electrons. The number of halogens is 5. The van der Waals surface area contributed by atoms with Crippen LogP contribution in [0.5, 0.6) is 0 Å². The van der Waals surface area contributed by atoms with Crippen molar-refractivity contribution in [3.8, 4) is 0 Å². The lowest BCUT2D eigenvalue weighted by atomic mass is 10.1. The van der Waals surface area contributed by atoms with Crippen LogP contribution in [0.2, 0.25) is 10.0 Å². The maximum Gasteiger partial charge on any atom is 0.416 e. The molecular weight excluding hydrogens is 440 g/mol. The van der Waals surface area contributed by atoms with Crippen molar-refractivity contribution < 1.29 is 22.8 Å². The summed E-state index contributed by atoms with van der Waals surface area (Å²) in [5.41, 5.74) is -0.187. The fourth-order valence-electron chi connectivity index (χ4n) is 2.60. The molecule has 0 saturated heterocycles. The molecule has 3 rings (SSSR count). The van der Waals surface area contributed by atoms with Crippen LogP contribution in [-0.2, 0) is 6.18 Å². The van der Waals surface area contributed by atoms with Gasteiger partial charge in [0.15, 0.2) is 0 Å². The van der Waals surface area contributed by atoms with E-state index in [0.717, 1.165) is 12.1 Å². The Morgan fingerprint density at radius 3 is 1.83 bits per heavy atom. The van der Waals surface area contributed by atoms with Gasteiger partial charge < -0.3 is 10.6 Å². The fourth-order valence-corrected chi connectivity index (χ4v) is 3.13. The number of hydrogen-bond acceptors (Lipinski definition) is 2. The third-order valence-corrected chi connectivity index (χ3v) is 4.39. The molecule has 0 aliphatic carbocycles. The molecule has 9 heteroatoms. The van der Waals surface area contributed by atoms with Gasteiger partial charge in [-0.1, -0.05) is 35.3 Å². The molecule has 0 aromatic heterocycles. The Hall–Kier alpha value is -3.03. The van der Waals surface area contributed by atoms with E-state index in [0.29, 0.717) is 15.7 Å². The van der Waals surface area contributed by atoms with E-state index < -0.39 is 23.6 Å². The zero-order valence-electron chi connectivity index (χ0n) is 15.1. The lowest BCUT2D eigenvalue weighted by molar-refractivity contribution is -0.137. The molecule has 0 aliphatic heterocycles. The van der Waals surface area contributed by atoms with E-state index in [4.69, 9.17) is 23.2 Å². The molecule has 30 heavy (non-hydrogen) atoms. The van der Waals surface area contributed by atoms with Crippen LogP contribution in [0.25, 0.3) is 0 Å². The fraction of sp³-hybridized carbons (Fsp3) is 0.0476. The standard InChI is InChI=1S/C21H13Cl2F3N2O2/c22-15-7-13(8-16(23)11-15)20(30)27-17-5-1-3-12(9-17)19(29)28-18-6-2-4-14(10-18)21(24,25)26/h1-11H,(H,27,30)(H,28,29). The molecule has 0 spiro atoms. The van der Waals surface area contributed by atoms with Crippen molar-refractivity contribution in [2.24, 2.45) is 0 Å². The van der Waals surface area contributed by atoms with E-state index in [-0.39, 0.29) is 16.8 Å². The van der Waals surface area contributed by atoms with Crippen molar-refractivity contribution in [3.63, 3.8) is 0 Å². The van der Waals surface area contributed by atoms with Gasteiger partial charge in [-0.25, -0.2) is 0 Å². The summed E-state index contributed by atoms with van der Waals surface area (Å²) in [7, 11) is 0. The van der Waals surface area contributed by atoms with Gasteiger partial charge in [0.1, 0.15) is 0 Å². The highest BCUT2D eigenvalue weighted by molar-refractivity contribution is 6.35. The van der Waals surface area contributed by atoms with Crippen LogP contribution >= 0.6 is 23.2 Å². The van der Waals surface area contributed by atoms with Gasteiger partial charge in [0.05, 0.1) is 5.56 Å². The number of amides is 2. The van der Waals surface area contributed by atoms with Gasteiger partial charge in [0.25, 0.3) is 11.8 Å². The summed E-state index contributed by atoms with van der Waals surface area (Å²) in [6.07, 6.45) is -4.52. The van der Waals surface area contributed by atoms with Crippen molar-refractivity contribution in [2.75, 3.05) is 10.6 Å². The first-order valence-electron chi connectivity index (χ1n) is 8.48. The molecule has 0 aliphatic rings. The maximum absolute atomic E-state index is 12.8. The second kappa shape index (κ2) is 8.77. The Morgan fingerprint density at radius 2 is 1.23 bits per heavy atom. The maximum atomic E-state index is 12.8. The summed E-state index contributed by atoms with van der Waals surface area (Å²) in [5.74, 6) is -1.12. The van der Waals surface area contributed by atoms with Crippen LogP contribution in [0.15, 0.2) is 66.7 Å². The van der Waals surface area contributed by atoms with Crippen LogP contribution in [0.4, 0.5) is 24.5 Å². The monoisotopic (exact) mass is 452 g/mol. The quantitative estimate of drug-likeness (QED) is 0.473. The lowest BCUT2D eigenvalue weighted by Crippen LogP contribution is -2.15. The predicted molar refractivity (Wildman–Crippen MR) is 110 cm³/mol. The van der Waals surface area contributed by atoms with Gasteiger partial charge in [-0.3, -0.25) is 9.59 Å². The first-order valence-corrected chi connectivity index (χ1v) is 9.23. The van der Waals surface area contributed by atoms with Crippen molar-refractivity contribution >= 4 is 46.4 Å². The number of nitrogens with one attached hydrogen (secondary N) is 2. The number of carbonyl (C=O) groups is 2. The highest BCUT2D eigenvalue weighted by Crippen LogP contribution is 2.30. The van der Waals surface area contributed by atoms with E-state index in [1.54, 1.807) is 6.07 Å². The second-order valence-electron chi connectivity index (χ2n) is 6.23. The minimum atomic E-state index is -4.52. The SMILES string of the molecule is O=C(Nc1cccc(C(=O)Nc2cccc(C(F)(F)F)c2)c1)c1cc(Cl)cc(Cl)c1. The summed E-state index contributed by atoms with van der Waals surface area (Å²) in [5, 5.41) is 5.61. The minimum absolute atomic E-state index is 0.00201. The second-order valence-corrected chi connectivity index (χ2v) is 7.10. The summed E-state index contributed by atoms with van der Waals surface area (Å²) < 4.78 is 38.5. The third-order valence-electron chi connectivity index (χ3n) is 3.96. The van der Waals surface area contributed by atoms with Gasteiger partial charge in [-0.15, -0.1) is 0 Å². The molecule has 3 aromatic rings. The largest absolute Gasteiger partial charge is 0.416 e. The van der Waals surface area contributed by atoms with E-state index in [9.17, 15) is 22.8 Å². The number of hydrogen-bond donors (Lipinski definition) is 2. The molecule has 4 nitrogen and oxygen atoms in total. The van der Waals surface area contributed by atoms with Crippen LogP contribution < -0.4 is 10.6 Å². The van der Waals surface area contributed by atoms with Crippen LogP contribution in [0.3, 0.4) is 0 Å².